The van der Waals surface area contributed by atoms with Crippen LogP contribution in [0.2, 0.25) is 0 Å². The summed E-state index contributed by atoms with van der Waals surface area (Å²) in [7, 11) is 0.899. The van der Waals surface area contributed by atoms with Crippen molar-refractivity contribution in [2.75, 3.05) is 34.3 Å². The van der Waals surface area contributed by atoms with Crippen LogP contribution in [0.15, 0.2) is 0 Å². The molecule has 1 aliphatic carbocycles. The highest BCUT2D eigenvalue weighted by molar-refractivity contribution is 7.52. The van der Waals surface area contributed by atoms with Crippen molar-refractivity contribution in [1.29, 1.82) is 0 Å². The van der Waals surface area contributed by atoms with Crippen molar-refractivity contribution in [2.24, 2.45) is 0 Å². The molecule has 0 radical (unpaired) electrons. The molecule has 1 fully saturated rings. The average Bonchev–Trinajstić information content (AvgIpc) is 2.37. The lowest BCUT2D eigenvalue weighted by Crippen LogP contribution is -2.64. The summed E-state index contributed by atoms with van der Waals surface area (Å²) in [5.74, 6) is 0. The maximum Gasteiger partial charge on any atom is 0.377 e. The lowest BCUT2D eigenvalue weighted by atomic mass is 9.85. The molecule has 11 heteroatoms. The minimum atomic E-state index is -4.63. The highest BCUT2D eigenvalue weighted by atomic mass is 31.2. The molecule has 0 aliphatic heterocycles. The summed E-state index contributed by atoms with van der Waals surface area (Å²) >= 11 is 0. The van der Waals surface area contributed by atoms with E-state index in [0.717, 1.165) is 0 Å². The van der Waals surface area contributed by atoms with E-state index in [4.69, 9.17) is 4.52 Å². The van der Waals surface area contributed by atoms with E-state index in [2.05, 4.69) is 4.52 Å². The molecule has 0 spiro atoms. The Bertz CT molecular complexity index is 348. The standard InChI is InChI=1S/C11H24NO9P/c1-12(2,3)4-5-20-22(18,19)21-11-9(16)7(14)6(13)8(15)10(11)17/h6-11,13-17H,4-5H2,1-3H3/p+1/t6?,7-,8+,9-,10-,11?/m1/s1. The van der Waals surface area contributed by atoms with Crippen LogP contribution in [0.1, 0.15) is 0 Å². The first-order valence-corrected chi connectivity index (χ1v) is 8.22. The summed E-state index contributed by atoms with van der Waals surface area (Å²) in [5.41, 5.74) is 0. The van der Waals surface area contributed by atoms with Crippen molar-refractivity contribution < 1.29 is 48.8 Å². The van der Waals surface area contributed by atoms with E-state index >= 15 is 0 Å². The van der Waals surface area contributed by atoms with Crippen molar-refractivity contribution in [3.05, 3.63) is 0 Å². The zero-order valence-corrected chi connectivity index (χ0v) is 13.6. The molecule has 0 bridgehead atoms. The second-order valence-electron chi connectivity index (χ2n) is 6.34. The summed E-state index contributed by atoms with van der Waals surface area (Å²) in [5, 5.41) is 47.9. The summed E-state index contributed by atoms with van der Waals surface area (Å²) in [6, 6.07) is 0. The molecule has 22 heavy (non-hydrogen) atoms. The number of phosphoric ester groups is 1. The average molecular weight is 346 g/mol. The maximum atomic E-state index is 11.8. The van der Waals surface area contributed by atoms with E-state index in [-0.39, 0.29) is 6.61 Å². The highest BCUT2D eigenvalue weighted by Gasteiger charge is 2.53. The fourth-order valence-corrected chi connectivity index (χ4v) is 2.87. The fraction of sp³-hybridized carbons (Fsp3) is 1.00. The van der Waals surface area contributed by atoms with E-state index in [1.807, 2.05) is 21.1 Å². The van der Waals surface area contributed by atoms with Gasteiger partial charge in [-0.2, -0.15) is 13.9 Å². The molecule has 1 rings (SSSR count). The van der Waals surface area contributed by atoms with E-state index in [9.17, 15) is 35.3 Å². The van der Waals surface area contributed by atoms with Crippen LogP contribution >= 0.6 is 8.17 Å². The number of phosphoric acid groups is 1. The molecule has 10 nitrogen and oxygen atoms in total. The van der Waals surface area contributed by atoms with Gasteiger partial charge in [-0.25, -0.2) is 0 Å². The molecular formula is C11H25NO9P+. The fourth-order valence-electron chi connectivity index (χ4n) is 1.94. The van der Waals surface area contributed by atoms with E-state index in [0.29, 0.717) is 11.0 Å². The highest BCUT2D eigenvalue weighted by Crippen LogP contribution is 2.50. The van der Waals surface area contributed by atoms with Gasteiger partial charge in [0.25, 0.3) is 0 Å². The summed E-state index contributed by atoms with van der Waals surface area (Å²) < 4.78 is 9.86. The minimum absolute atomic E-state index is 0.121. The van der Waals surface area contributed by atoms with Crippen molar-refractivity contribution in [1.82, 2.24) is 0 Å². The van der Waals surface area contributed by atoms with Crippen molar-refractivity contribution in [2.45, 2.75) is 36.6 Å². The van der Waals surface area contributed by atoms with Gasteiger partial charge in [-0.05, 0) is 0 Å². The van der Waals surface area contributed by atoms with Crippen LogP contribution in [-0.2, 0) is 9.05 Å². The molecule has 6 N–H and O–H groups in total. The first kappa shape index (κ1) is 20.1. The van der Waals surface area contributed by atoms with Crippen LogP contribution < -0.4 is 4.89 Å². The number of hydrogen-bond donors (Lipinski definition) is 6. The SMILES string of the molecule is C[N+](C)(C)CCO[P+]([O-])(O)OC1[C@H](O)[C@H](O)C(O)[C@H](O)[C@H]1O. The quantitative estimate of drug-likeness (QED) is 0.207. The van der Waals surface area contributed by atoms with Gasteiger partial charge >= 0.3 is 8.17 Å². The van der Waals surface area contributed by atoms with E-state index < -0.39 is 44.8 Å². The predicted molar refractivity (Wildman–Crippen MR) is 72.9 cm³/mol. The smallest absolute Gasteiger partial charge is 0.377 e. The topological polar surface area (TPSA) is 163 Å². The van der Waals surface area contributed by atoms with Gasteiger partial charge in [-0.3, -0.25) is 0 Å². The molecule has 0 saturated heterocycles. The molecular weight excluding hydrogens is 321 g/mol. The van der Waals surface area contributed by atoms with Gasteiger partial charge in [0, 0.05) is 0 Å². The zero-order valence-electron chi connectivity index (χ0n) is 12.7. The van der Waals surface area contributed by atoms with Gasteiger partial charge in [-0.1, -0.05) is 0 Å². The molecule has 7 atom stereocenters. The number of quaternary nitrogens is 1. The lowest BCUT2D eigenvalue weighted by molar-refractivity contribution is -0.870. The van der Waals surface area contributed by atoms with E-state index in [1.54, 1.807) is 0 Å². The number of likely N-dealkylation sites (N-methyl/N-ethyl adjacent to an activating group) is 1. The Labute approximate surface area is 129 Å². The Hall–Kier alpha value is 0.0300. The Morgan fingerprint density at radius 2 is 1.32 bits per heavy atom. The monoisotopic (exact) mass is 346 g/mol. The van der Waals surface area contributed by atoms with Gasteiger partial charge in [0.05, 0.1) is 21.1 Å². The van der Waals surface area contributed by atoms with Crippen LogP contribution in [0.5, 0.6) is 0 Å². The molecule has 132 valence electrons. The number of aliphatic hydroxyl groups excluding tert-OH is 5. The zero-order chi connectivity index (χ0) is 17.3. The summed E-state index contributed by atoms with van der Waals surface area (Å²) in [6.45, 7) is 0.275. The summed E-state index contributed by atoms with van der Waals surface area (Å²) in [6.07, 6.45) is -11.0. The Morgan fingerprint density at radius 1 is 0.909 bits per heavy atom. The first-order valence-electron chi connectivity index (χ1n) is 6.72. The van der Waals surface area contributed by atoms with Crippen LogP contribution in [-0.4, -0.2) is 106 Å². The number of hydrogen-bond acceptors (Lipinski definition) is 9. The van der Waals surface area contributed by atoms with Gasteiger partial charge < -0.3 is 34.9 Å². The number of rotatable bonds is 6. The lowest BCUT2D eigenvalue weighted by Gasteiger charge is -2.41. The van der Waals surface area contributed by atoms with Crippen molar-refractivity contribution in [3.63, 3.8) is 0 Å². The van der Waals surface area contributed by atoms with Crippen molar-refractivity contribution >= 4 is 8.17 Å². The maximum absolute atomic E-state index is 11.8. The van der Waals surface area contributed by atoms with Gasteiger partial charge in [-0.15, -0.1) is 0 Å². The molecule has 0 aromatic heterocycles. The third-order valence-corrected chi connectivity index (χ3v) is 4.36. The largest absolute Gasteiger partial charge is 0.606 e. The Balaban J connectivity index is 2.66. The Morgan fingerprint density at radius 3 is 1.73 bits per heavy atom. The van der Waals surface area contributed by atoms with Crippen LogP contribution in [0.3, 0.4) is 0 Å². The molecule has 1 saturated carbocycles. The molecule has 1 aliphatic rings. The molecule has 0 heterocycles. The third kappa shape index (κ3) is 5.29. The second-order valence-corrected chi connectivity index (χ2v) is 7.74. The predicted octanol–water partition coefficient (Wildman–Crippen LogP) is -4.06. The van der Waals surface area contributed by atoms with Gasteiger partial charge in [0.1, 0.15) is 43.7 Å². The number of nitrogens with zero attached hydrogens (tertiary/aromatic N) is 1. The molecule has 0 aromatic rings. The van der Waals surface area contributed by atoms with Crippen LogP contribution in [0.4, 0.5) is 0 Å². The van der Waals surface area contributed by atoms with Gasteiger partial charge in [0.15, 0.2) is 6.10 Å². The minimum Gasteiger partial charge on any atom is -0.606 e. The third-order valence-electron chi connectivity index (χ3n) is 3.34. The molecule has 0 amide bonds. The summed E-state index contributed by atoms with van der Waals surface area (Å²) in [4.78, 5) is 21.4. The molecule has 3 unspecified atom stereocenters. The Kier molecular flexibility index (Phi) is 6.65. The molecule has 0 aromatic carbocycles. The first-order chi connectivity index (χ1) is 9.86. The second kappa shape index (κ2) is 7.29. The van der Waals surface area contributed by atoms with Crippen LogP contribution in [0, 0.1) is 0 Å². The van der Waals surface area contributed by atoms with Crippen molar-refractivity contribution in [3.8, 4) is 0 Å². The normalized spacial score (nSPS) is 39.5. The van der Waals surface area contributed by atoms with E-state index in [1.165, 1.54) is 0 Å². The number of aliphatic hydroxyl groups is 5. The van der Waals surface area contributed by atoms with Gasteiger partial charge in [0.2, 0.25) is 0 Å². The van der Waals surface area contributed by atoms with Crippen LogP contribution in [0.25, 0.3) is 0 Å².